The molecule has 0 aromatic carbocycles. The molecule has 2 saturated heterocycles. The van der Waals surface area contributed by atoms with Crippen molar-refractivity contribution in [3.05, 3.63) is 65.8 Å². The average Bonchev–Trinajstić information content (AvgIpc) is 1.62. The number of nitrogens with zero attached hydrogens (tertiary/aromatic N) is 1. The molecule has 9 rings (SSSR count). The Morgan fingerprint density at radius 3 is 1.11 bits per heavy atom. The van der Waals surface area contributed by atoms with Gasteiger partial charge in [-0.05, 0) is 232 Å². The third-order valence-electron chi connectivity index (χ3n) is 26.1. The smallest absolute Gasteiger partial charge is 0.0686 e. The van der Waals surface area contributed by atoms with Gasteiger partial charge in [-0.15, -0.1) is 0 Å². The Morgan fingerprint density at radius 1 is 0.478 bits per heavy atom. The molecule has 9 nitrogen and oxygen atoms in total. The highest BCUT2D eigenvalue weighted by Crippen LogP contribution is 2.58. The molecule has 3 unspecified atom stereocenters. The number of nitrogens with one attached hydrogen (secondary N) is 1. The minimum Gasteiger partial charge on any atom is -0.392 e. The van der Waals surface area contributed by atoms with Crippen LogP contribution in [-0.2, 0) is 33.8 Å². The van der Waals surface area contributed by atoms with Gasteiger partial charge in [-0.1, -0.05) is 328 Å². The molecule has 0 spiro atoms. The van der Waals surface area contributed by atoms with Crippen molar-refractivity contribution < 1.29 is 33.5 Å². The molecular weight excluding hydrogens is 1410 g/mol. The number of dihydropyridines is 1. The summed E-state index contributed by atoms with van der Waals surface area (Å²) in [5, 5.41) is 12.2. The molecule has 0 radical (unpaired) electrons. The molecule has 0 amide bonds. The lowest BCUT2D eigenvalue weighted by Gasteiger charge is -2.33. The van der Waals surface area contributed by atoms with Gasteiger partial charge in [-0.3, -0.25) is 4.98 Å². The Morgan fingerprint density at radius 2 is 0.904 bits per heavy atom. The van der Waals surface area contributed by atoms with Crippen LogP contribution in [0.4, 0.5) is 0 Å². The second-order valence-corrected chi connectivity index (χ2v) is 49.1. The van der Waals surface area contributed by atoms with Crippen LogP contribution in [0.5, 0.6) is 0 Å². The number of methoxy groups -OCH3 is 4. The number of ether oxygens (including phenoxy) is 6. The van der Waals surface area contributed by atoms with E-state index in [0.717, 1.165) is 129 Å². The van der Waals surface area contributed by atoms with Crippen LogP contribution in [-0.4, -0.2) is 98.0 Å². The fraction of sp³-hybridized carbons (Fsp3) is 0.896. The highest BCUT2D eigenvalue weighted by molar-refractivity contribution is 5.45. The zero-order chi connectivity index (χ0) is 90.1. The minimum absolute atomic E-state index is 0.0207. The van der Waals surface area contributed by atoms with Gasteiger partial charge >= 0.3 is 0 Å². The van der Waals surface area contributed by atoms with Crippen molar-refractivity contribution in [2.75, 3.05) is 87.9 Å². The Kier molecular flexibility index (Phi) is 55.5. The first-order valence-electron chi connectivity index (χ1n) is 46.7. The lowest BCUT2D eigenvalue weighted by atomic mass is 9.72. The summed E-state index contributed by atoms with van der Waals surface area (Å²) in [5.41, 5.74) is 9.70. The van der Waals surface area contributed by atoms with Gasteiger partial charge in [0.25, 0.3) is 0 Å². The van der Waals surface area contributed by atoms with Crippen LogP contribution in [0.25, 0.3) is 0 Å². The molecule has 8 aliphatic rings. The number of allylic oxidation sites excluding steroid dienone is 1. The van der Waals surface area contributed by atoms with Gasteiger partial charge in [0, 0.05) is 96.6 Å². The maximum atomic E-state index is 9.16. The predicted molar refractivity (Wildman–Crippen MR) is 509 cm³/mol. The van der Waals surface area contributed by atoms with Gasteiger partial charge in [0.05, 0.1) is 26.4 Å². The normalized spacial score (nSPS) is 20.5. The summed E-state index contributed by atoms with van der Waals surface area (Å²) in [6.45, 7) is 100. The summed E-state index contributed by atoms with van der Waals surface area (Å²) >= 11 is 0. The summed E-state index contributed by atoms with van der Waals surface area (Å²) in [7, 11) is 7.00. The number of rotatable bonds is 9. The summed E-state index contributed by atoms with van der Waals surface area (Å²) in [4.78, 5) is 4.25. The van der Waals surface area contributed by atoms with Crippen molar-refractivity contribution >= 4 is 0 Å². The van der Waals surface area contributed by atoms with E-state index >= 15 is 0 Å². The zero-order valence-electron chi connectivity index (χ0n) is 85.9. The first kappa shape index (κ1) is 117. The molecule has 1 aromatic rings. The van der Waals surface area contributed by atoms with Crippen molar-refractivity contribution in [1.82, 2.24) is 10.3 Å². The van der Waals surface area contributed by atoms with Crippen LogP contribution >= 0.6 is 0 Å². The molecule has 4 heterocycles. The number of aromatic nitrogens is 1. The maximum Gasteiger partial charge on any atom is 0.0686 e. The molecule has 9 heteroatoms. The first-order valence-corrected chi connectivity index (χ1v) is 46.7. The van der Waals surface area contributed by atoms with E-state index in [2.05, 4.69) is 293 Å². The van der Waals surface area contributed by atoms with Crippen LogP contribution in [0.15, 0.2) is 60.1 Å². The van der Waals surface area contributed by atoms with E-state index < -0.39 is 0 Å². The zero-order valence-corrected chi connectivity index (χ0v) is 85.9. The second-order valence-electron chi connectivity index (χ2n) is 49.1. The van der Waals surface area contributed by atoms with E-state index in [9.17, 15) is 0 Å². The van der Waals surface area contributed by atoms with Crippen LogP contribution in [0.3, 0.4) is 0 Å². The number of hydrogen-bond donors (Lipinski definition) is 2. The predicted octanol–water partition coefficient (Wildman–Crippen LogP) is 31.2. The lowest BCUT2D eigenvalue weighted by Crippen LogP contribution is -2.29. The SMILES string of the molecule is C=C1NC=CC(CO)=C1C(C)(C)C.CC(C)(C)C1CC1.CC(C)(C)C1CCCC1.CC(C)(C)C1CCCCC1.CC(C)(C)C1CCCOC1.CC(C)(C)C1CCOCC1.CC(C)(C)c1ccccn1.CC(C)C(C)(C)C.CC1CCCC1C(C)(C)C.COCC(COC)C(C)(C)C.COCC1(C(C)(C)C)CC1.COCCC(C)(C)C. The topological polar surface area (TPSA) is 101 Å². The Balaban J connectivity index is -0.00000119. The molecule has 5 saturated carbocycles. The standard InChI is InChI=1S/C11H17NO.2C10H20.C9H13N.C9H20O2.3C9H18O.C9H18.C7H16O.C7H14.C7H16/c1-8-10(11(2,3)4)9(7-13)5-6-12-8;1-8-6-5-7-9(8)10(2,3)4;1-10(2,3)9-7-5-4-6-8-9;1-9(2,3)8-6-4-5-7-10-8;1-9(2,3)8(6-10-4)7-11-5;1-8(2,3)9(5-6-9)7-10-4;1-9(2,3)8-4-6-10-7-5-8;1-9(2,3)8-5-4-6-10-7-8;1-9(2,3)8-6-4-5-7-8;1-7(2,3)5-6-8-4;1-7(2,3)6-4-5-6;1-6(2)7(3,4)5/h5-6,12-13H,1,7H2,2-4H3;8-9H,5-7H2,1-4H3;9H,4-8H2,1-3H3;4-7H,1-3H3;8H,6-7H2,1-5H3;5-7H2,1-4H3;2*8H,4-7H2,1-3H3;8H,4-7H2,1-3H3;5-6H2,1-4H3;6H,4-5H2,1-3H3;6H,1-5H3. The summed E-state index contributed by atoms with van der Waals surface area (Å²) < 4.78 is 31.0. The lowest BCUT2D eigenvalue weighted by molar-refractivity contribution is 0.0103. The molecule has 3 aliphatic heterocycles. The Labute approximate surface area is 721 Å². The Hall–Kier alpha value is -2.11. The van der Waals surface area contributed by atoms with Crippen LogP contribution < -0.4 is 5.32 Å². The van der Waals surface area contributed by atoms with Gasteiger partial charge in [0.1, 0.15) is 0 Å². The van der Waals surface area contributed by atoms with Crippen LogP contribution in [0.1, 0.15) is 411 Å². The second kappa shape index (κ2) is 54.5. The molecule has 2 N–H and O–H groups in total. The highest BCUT2D eigenvalue weighted by Gasteiger charge is 2.51. The Bertz CT molecular complexity index is 2520. The first-order chi connectivity index (χ1) is 52.2. The largest absolute Gasteiger partial charge is 0.392 e. The average molecular weight is 1620 g/mol. The highest BCUT2D eigenvalue weighted by atomic mass is 16.5. The minimum atomic E-state index is 0.0207. The van der Waals surface area contributed by atoms with E-state index in [1.165, 1.54) is 128 Å². The van der Waals surface area contributed by atoms with Gasteiger partial charge in [-0.25, -0.2) is 0 Å². The van der Waals surface area contributed by atoms with E-state index in [1.807, 2.05) is 30.6 Å². The van der Waals surface area contributed by atoms with Crippen molar-refractivity contribution in [3.63, 3.8) is 0 Å². The van der Waals surface area contributed by atoms with Crippen LogP contribution in [0.2, 0.25) is 0 Å². The van der Waals surface area contributed by atoms with E-state index in [0.29, 0.717) is 60.1 Å². The van der Waals surface area contributed by atoms with Gasteiger partial charge in [-0.2, -0.15) is 0 Å². The van der Waals surface area contributed by atoms with Gasteiger partial charge < -0.3 is 38.8 Å². The molecule has 7 fully saturated rings. The molecule has 684 valence electrons. The molecular formula is C106H208N2O7. The molecule has 3 atom stereocenters. The molecule has 0 bridgehead atoms. The molecule has 115 heavy (non-hydrogen) atoms. The number of pyridine rings is 1. The van der Waals surface area contributed by atoms with Crippen LogP contribution in [0, 0.1) is 118 Å². The molecule has 5 aliphatic carbocycles. The van der Waals surface area contributed by atoms with E-state index in [1.54, 1.807) is 28.4 Å². The number of aliphatic hydroxyl groups is 1. The molecule has 1 aromatic heterocycles. The van der Waals surface area contributed by atoms with Crippen molar-refractivity contribution in [3.8, 4) is 0 Å². The third-order valence-corrected chi connectivity index (χ3v) is 26.1. The third kappa shape index (κ3) is 56.3. The van der Waals surface area contributed by atoms with Crippen molar-refractivity contribution in [2.24, 2.45) is 118 Å². The van der Waals surface area contributed by atoms with E-state index in [-0.39, 0.29) is 22.9 Å². The quantitative estimate of drug-likeness (QED) is 0.250. The summed E-state index contributed by atoms with van der Waals surface area (Å²) in [6.07, 6.45) is 35.1. The fourth-order valence-corrected chi connectivity index (χ4v) is 15.5. The van der Waals surface area contributed by atoms with Crippen molar-refractivity contribution in [2.45, 2.75) is 410 Å². The monoisotopic (exact) mass is 1620 g/mol. The van der Waals surface area contributed by atoms with Crippen molar-refractivity contribution in [1.29, 1.82) is 0 Å². The summed E-state index contributed by atoms with van der Waals surface area (Å²) in [6, 6.07) is 6.02. The van der Waals surface area contributed by atoms with Gasteiger partial charge in [0.2, 0.25) is 0 Å². The summed E-state index contributed by atoms with van der Waals surface area (Å²) in [5.74, 6) is 7.95. The number of hydrogen-bond acceptors (Lipinski definition) is 9. The fourth-order valence-electron chi connectivity index (χ4n) is 15.5. The van der Waals surface area contributed by atoms with E-state index in [4.69, 9.17) is 33.5 Å². The number of aliphatic hydroxyl groups excluding tert-OH is 1. The maximum absolute atomic E-state index is 9.16. The van der Waals surface area contributed by atoms with Gasteiger partial charge in [0.15, 0.2) is 0 Å².